The van der Waals surface area contributed by atoms with Gasteiger partial charge in [-0.1, -0.05) is 0 Å². The number of aromatic nitrogens is 2. The van der Waals surface area contributed by atoms with Gasteiger partial charge in [0.05, 0.1) is 11.7 Å². The fraction of sp³-hybridized carbons (Fsp3) is 0.692. The number of nitrogens with one attached hydrogen (secondary N) is 1. The van der Waals surface area contributed by atoms with Crippen LogP contribution < -0.4 is 15.8 Å². The van der Waals surface area contributed by atoms with Gasteiger partial charge in [0, 0.05) is 13.1 Å². The van der Waals surface area contributed by atoms with Crippen LogP contribution in [0.15, 0.2) is 6.33 Å². The van der Waals surface area contributed by atoms with Crippen molar-refractivity contribution in [2.45, 2.75) is 32.5 Å². The average molecular weight is 283 g/mol. The van der Waals surface area contributed by atoms with Crippen LogP contribution in [0.2, 0.25) is 0 Å². The maximum absolute atomic E-state index is 10.2. The SMILES string of the molecule is CC(C)Oc1ncnc(NCC(C)(O)CN(C)C)c1N. The third-order valence-electron chi connectivity index (χ3n) is 2.49. The third-order valence-corrected chi connectivity index (χ3v) is 2.49. The zero-order valence-electron chi connectivity index (χ0n) is 12.8. The van der Waals surface area contributed by atoms with Gasteiger partial charge in [0.25, 0.3) is 0 Å². The van der Waals surface area contributed by atoms with Crippen molar-refractivity contribution < 1.29 is 9.84 Å². The second-order valence-corrected chi connectivity index (χ2v) is 5.70. The number of nitrogens with zero attached hydrogens (tertiary/aromatic N) is 3. The number of nitrogens with two attached hydrogens (primary N) is 1. The van der Waals surface area contributed by atoms with Gasteiger partial charge in [-0.2, -0.15) is 4.98 Å². The number of hydrogen-bond acceptors (Lipinski definition) is 7. The number of ether oxygens (including phenoxy) is 1. The van der Waals surface area contributed by atoms with Crippen molar-refractivity contribution in [3.63, 3.8) is 0 Å². The predicted molar refractivity (Wildman–Crippen MR) is 79.9 cm³/mol. The summed E-state index contributed by atoms with van der Waals surface area (Å²) in [4.78, 5) is 9.99. The average Bonchev–Trinajstić information content (AvgIpc) is 2.28. The van der Waals surface area contributed by atoms with Crippen LogP contribution >= 0.6 is 0 Å². The molecule has 0 aliphatic rings. The molecule has 7 heteroatoms. The molecule has 0 aliphatic carbocycles. The summed E-state index contributed by atoms with van der Waals surface area (Å²) < 4.78 is 5.50. The number of nitrogen functional groups attached to an aromatic ring is 1. The summed E-state index contributed by atoms with van der Waals surface area (Å²) >= 11 is 0. The predicted octanol–water partition coefficient (Wildman–Crippen LogP) is 0.571. The van der Waals surface area contributed by atoms with Crippen LogP contribution in [0, 0.1) is 0 Å². The molecule has 0 amide bonds. The van der Waals surface area contributed by atoms with Crippen molar-refractivity contribution >= 4 is 11.5 Å². The zero-order chi connectivity index (χ0) is 15.3. The first-order valence-electron chi connectivity index (χ1n) is 6.59. The molecule has 0 bridgehead atoms. The molecule has 0 fully saturated rings. The summed E-state index contributed by atoms with van der Waals surface area (Å²) in [6.45, 7) is 6.41. The zero-order valence-corrected chi connectivity index (χ0v) is 12.8. The first kappa shape index (κ1) is 16.5. The molecule has 20 heavy (non-hydrogen) atoms. The molecular formula is C13H25N5O2. The van der Waals surface area contributed by atoms with Crippen molar-refractivity contribution in [2.24, 2.45) is 0 Å². The molecule has 0 aromatic carbocycles. The Hall–Kier alpha value is -1.60. The van der Waals surface area contributed by atoms with E-state index in [9.17, 15) is 5.11 Å². The number of aliphatic hydroxyl groups is 1. The Morgan fingerprint density at radius 2 is 2.10 bits per heavy atom. The first-order chi connectivity index (χ1) is 9.21. The van der Waals surface area contributed by atoms with Crippen LogP contribution in [-0.4, -0.2) is 58.9 Å². The molecule has 0 aliphatic heterocycles. The van der Waals surface area contributed by atoms with Crippen molar-refractivity contribution in [2.75, 3.05) is 38.2 Å². The van der Waals surface area contributed by atoms with E-state index < -0.39 is 5.60 Å². The second-order valence-electron chi connectivity index (χ2n) is 5.70. The lowest BCUT2D eigenvalue weighted by Gasteiger charge is -2.27. The molecule has 0 radical (unpaired) electrons. The number of anilines is 2. The molecule has 0 spiro atoms. The van der Waals surface area contributed by atoms with Crippen molar-refractivity contribution in [1.82, 2.24) is 14.9 Å². The smallest absolute Gasteiger partial charge is 0.242 e. The molecule has 4 N–H and O–H groups in total. The summed E-state index contributed by atoms with van der Waals surface area (Å²) in [7, 11) is 3.81. The van der Waals surface area contributed by atoms with Crippen LogP contribution in [0.1, 0.15) is 20.8 Å². The molecular weight excluding hydrogens is 258 g/mol. The van der Waals surface area contributed by atoms with Crippen LogP contribution in [0.3, 0.4) is 0 Å². The molecule has 1 atom stereocenters. The van der Waals surface area contributed by atoms with Gasteiger partial charge in [-0.15, -0.1) is 0 Å². The molecule has 0 saturated heterocycles. The summed E-state index contributed by atoms with van der Waals surface area (Å²) in [5, 5.41) is 13.3. The minimum Gasteiger partial charge on any atom is -0.473 e. The third kappa shape index (κ3) is 5.18. The highest BCUT2D eigenvalue weighted by Crippen LogP contribution is 2.25. The van der Waals surface area contributed by atoms with E-state index in [2.05, 4.69) is 15.3 Å². The van der Waals surface area contributed by atoms with Crippen molar-refractivity contribution in [3.05, 3.63) is 6.33 Å². The fourth-order valence-electron chi connectivity index (χ4n) is 1.85. The Morgan fingerprint density at radius 1 is 1.45 bits per heavy atom. The van der Waals surface area contributed by atoms with Gasteiger partial charge in [0.2, 0.25) is 5.88 Å². The molecule has 1 heterocycles. The van der Waals surface area contributed by atoms with Crippen LogP contribution in [0.5, 0.6) is 5.88 Å². The molecule has 1 aromatic heterocycles. The van der Waals surface area contributed by atoms with Gasteiger partial charge in [0.15, 0.2) is 5.82 Å². The largest absolute Gasteiger partial charge is 0.473 e. The van der Waals surface area contributed by atoms with Crippen LogP contribution in [0.25, 0.3) is 0 Å². The maximum Gasteiger partial charge on any atom is 0.242 e. The van der Waals surface area contributed by atoms with Gasteiger partial charge < -0.3 is 25.8 Å². The molecule has 1 unspecified atom stereocenters. The van der Waals surface area contributed by atoms with Gasteiger partial charge >= 0.3 is 0 Å². The van der Waals surface area contributed by atoms with E-state index >= 15 is 0 Å². The fourth-order valence-corrected chi connectivity index (χ4v) is 1.85. The monoisotopic (exact) mass is 283 g/mol. The molecule has 0 saturated carbocycles. The van der Waals surface area contributed by atoms with E-state index in [1.165, 1.54) is 6.33 Å². The second kappa shape index (κ2) is 6.71. The van der Waals surface area contributed by atoms with E-state index in [1.807, 2.05) is 32.8 Å². The maximum atomic E-state index is 10.2. The van der Waals surface area contributed by atoms with Crippen molar-refractivity contribution in [1.29, 1.82) is 0 Å². The highest BCUT2D eigenvalue weighted by molar-refractivity contribution is 5.66. The van der Waals surface area contributed by atoms with Gasteiger partial charge in [0.1, 0.15) is 12.0 Å². The minimum atomic E-state index is -0.889. The summed E-state index contributed by atoms with van der Waals surface area (Å²) in [6.07, 6.45) is 1.37. The Labute approximate surface area is 120 Å². The van der Waals surface area contributed by atoms with E-state index in [1.54, 1.807) is 6.92 Å². The highest BCUT2D eigenvalue weighted by atomic mass is 16.5. The minimum absolute atomic E-state index is 0.0168. The van der Waals surface area contributed by atoms with Gasteiger partial charge in [-0.25, -0.2) is 4.98 Å². The Bertz CT molecular complexity index is 435. The van der Waals surface area contributed by atoms with Gasteiger partial charge in [-0.05, 0) is 34.9 Å². The number of hydrogen-bond donors (Lipinski definition) is 3. The van der Waals surface area contributed by atoms with Gasteiger partial charge in [-0.3, -0.25) is 0 Å². The van der Waals surface area contributed by atoms with E-state index in [0.29, 0.717) is 30.5 Å². The normalized spacial score (nSPS) is 14.4. The highest BCUT2D eigenvalue weighted by Gasteiger charge is 2.22. The Morgan fingerprint density at radius 3 is 2.65 bits per heavy atom. The molecule has 1 aromatic rings. The van der Waals surface area contributed by atoms with Crippen LogP contribution in [0.4, 0.5) is 11.5 Å². The number of likely N-dealkylation sites (N-methyl/N-ethyl adjacent to an activating group) is 1. The van der Waals surface area contributed by atoms with E-state index in [4.69, 9.17) is 10.5 Å². The molecule has 1 rings (SSSR count). The van der Waals surface area contributed by atoms with E-state index in [-0.39, 0.29) is 6.10 Å². The lowest BCUT2D eigenvalue weighted by atomic mass is 10.1. The molecule has 7 nitrogen and oxygen atoms in total. The first-order valence-corrected chi connectivity index (χ1v) is 6.59. The Kier molecular flexibility index (Phi) is 5.52. The van der Waals surface area contributed by atoms with E-state index in [0.717, 1.165) is 0 Å². The lowest BCUT2D eigenvalue weighted by molar-refractivity contribution is 0.0459. The lowest BCUT2D eigenvalue weighted by Crippen LogP contribution is -2.43. The summed E-state index contributed by atoms with van der Waals surface area (Å²) in [5.74, 6) is 0.819. The van der Waals surface area contributed by atoms with Crippen molar-refractivity contribution in [3.8, 4) is 5.88 Å². The van der Waals surface area contributed by atoms with Crippen LogP contribution in [-0.2, 0) is 0 Å². The standard InChI is InChI=1S/C13H25N5O2/c1-9(2)20-12-10(14)11(16-8-17-12)15-6-13(3,19)7-18(4)5/h8-9,19H,6-7,14H2,1-5H3,(H,15,16,17). The number of rotatable bonds is 7. The summed E-state index contributed by atoms with van der Waals surface area (Å²) in [6, 6.07) is 0. The topological polar surface area (TPSA) is 96.5 Å². The molecule has 114 valence electrons. The Balaban J connectivity index is 2.73. The quantitative estimate of drug-likeness (QED) is 0.673. The summed E-state index contributed by atoms with van der Waals surface area (Å²) in [5.41, 5.74) is 5.42.